The fourth-order valence-electron chi connectivity index (χ4n) is 3.13. The lowest BCUT2D eigenvalue weighted by molar-refractivity contribution is -0.384. The molecule has 0 N–H and O–H groups in total. The van der Waals surface area contributed by atoms with E-state index in [2.05, 4.69) is 19.9 Å². The van der Waals surface area contributed by atoms with Gasteiger partial charge in [-0.1, -0.05) is 37.6 Å². The van der Waals surface area contributed by atoms with Crippen LogP contribution in [0.25, 0.3) is 0 Å². The number of amides is 1. The van der Waals surface area contributed by atoms with Crippen molar-refractivity contribution in [2.45, 2.75) is 32.6 Å². The Hall–Kier alpha value is -2.40. The maximum absolute atomic E-state index is 12.9. The minimum atomic E-state index is -0.571. The maximum Gasteiger partial charge on any atom is 0.288 e. The Morgan fingerprint density at radius 3 is 2.68 bits per heavy atom. The second-order valence-corrected chi connectivity index (χ2v) is 6.93. The number of rotatable bonds is 3. The summed E-state index contributed by atoms with van der Waals surface area (Å²) in [5.41, 5.74) is 3.31. The Morgan fingerprint density at radius 1 is 1.24 bits per heavy atom. The highest BCUT2D eigenvalue weighted by Crippen LogP contribution is 2.32. The number of fused-ring (bicyclic) bond motifs is 1. The van der Waals surface area contributed by atoms with Crippen LogP contribution in [0.4, 0.5) is 11.4 Å². The van der Waals surface area contributed by atoms with Crippen molar-refractivity contribution in [3.63, 3.8) is 0 Å². The van der Waals surface area contributed by atoms with Gasteiger partial charge in [0.1, 0.15) is 5.02 Å². The van der Waals surface area contributed by atoms with E-state index in [-0.39, 0.29) is 22.2 Å². The zero-order valence-corrected chi connectivity index (χ0v) is 14.9. The van der Waals surface area contributed by atoms with Crippen molar-refractivity contribution in [3.8, 4) is 0 Å². The summed E-state index contributed by atoms with van der Waals surface area (Å²) in [7, 11) is 0. The third-order valence-electron chi connectivity index (χ3n) is 4.52. The summed E-state index contributed by atoms with van der Waals surface area (Å²) in [6, 6.07) is 10.4. The van der Waals surface area contributed by atoms with Crippen LogP contribution >= 0.6 is 11.6 Å². The van der Waals surface area contributed by atoms with Gasteiger partial charge in [-0.15, -0.1) is 0 Å². The summed E-state index contributed by atoms with van der Waals surface area (Å²) in [5, 5.41) is 11.1. The fourth-order valence-corrected chi connectivity index (χ4v) is 3.32. The molecule has 0 unspecified atom stereocenters. The zero-order chi connectivity index (χ0) is 18.1. The number of nitro benzene ring substituents is 1. The lowest BCUT2D eigenvalue weighted by Gasteiger charge is -2.30. The number of halogens is 1. The van der Waals surface area contributed by atoms with Gasteiger partial charge in [-0.2, -0.15) is 0 Å². The molecule has 0 radical (unpaired) electrons. The number of aryl methyl sites for hydroxylation is 1. The molecule has 3 rings (SSSR count). The smallest absolute Gasteiger partial charge is 0.288 e. The van der Waals surface area contributed by atoms with E-state index in [0.29, 0.717) is 12.5 Å². The summed E-state index contributed by atoms with van der Waals surface area (Å²) >= 11 is 5.84. The van der Waals surface area contributed by atoms with Gasteiger partial charge in [-0.05, 0) is 48.1 Å². The monoisotopic (exact) mass is 358 g/mol. The first-order valence-electron chi connectivity index (χ1n) is 8.27. The first-order chi connectivity index (χ1) is 11.9. The van der Waals surface area contributed by atoms with E-state index in [4.69, 9.17) is 11.6 Å². The topological polar surface area (TPSA) is 63.5 Å². The lowest BCUT2D eigenvalue weighted by Crippen LogP contribution is -2.35. The minimum Gasteiger partial charge on any atom is -0.308 e. The molecule has 0 spiro atoms. The molecule has 0 saturated heterocycles. The van der Waals surface area contributed by atoms with Crippen LogP contribution in [0.15, 0.2) is 36.4 Å². The second-order valence-electron chi connectivity index (χ2n) is 6.53. The Balaban J connectivity index is 1.97. The van der Waals surface area contributed by atoms with Crippen molar-refractivity contribution in [2.75, 3.05) is 11.4 Å². The molecule has 0 aliphatic carbocycles. The van der Waals surface area contributed by atoms with Crippen LogP contribution in [0.2, 0.25) is 5.02 Å². The molecule has 0 bridgehead atoms. The summed E-state index contributed by atoms with van der Waals surface area (Å²) in [5.74, 6) is 0.188. The highest BCUT2D eigenvalue weighted by molar-refractivity contribution is 6.32. The SMILES string of the molecule is CC(C)c1ccc2c(c1)CCCN2C(=O)c1ccc(Cl)c([N+](=O)[O-])c1. The highest BCUT2D eigenvalue weighted by Gasteiger charge is 2.26. The Bertz CT molecular complexity index is 849. The second kappa shape index (κ2) is 6.84. The average molecular weight is 359 g/mol. The van der Waals surface area contributed by atoms with Gasteiger partial charge in [-0.25, -0.2) is 0 Å². The molecule has 1 aliphatic rings. The molecular formula is C19H19ClN2O3. The van der Waals surface area contributed by atoms with Gasteiger partial charge >= 0.3 is 0 Å². The van der Waals surface area contributed by atoms with Crippen molar-refractivity contribution < 1.29 is 9.72 Å². The third kappa shape index (κ3) is 3.37. The molecule has 25 heavy (non-hydrogen) atoms. The van der Waals surface area contributed by atoms with Crippen LogP contribution in [0.3, 0.4) is 0 Å². The Kier molecular flexibility index (Phi) is 4.77. The van der Waals surface area contributed by atoms with E-state index in [0.717, 1.165) is 24.1 Å². The van der Waals surface area contributed by atoms with E-state index < -0.39 is 4.92 Å². The molecule has 2 aromatic carbocycles. The molecule has 0 atom stereocenters. The predicted octanol–water partition coefficient (Wildman–Crippen LogP) is 4.96. The van der Waals surface area contributed by atoms with Gasteiger partial charge in [0.15, 0.2) is 0 Å². The molecule has 130 valence electrons. The highest BCUT2D eigenvalue weighted by atomic mass is 35.5. The number of carbonyl (C=O) groups excluding carboxylic acids is 1. The summed E-state index contributed by atoms with van der Waals surface area (Å²) < 4.78 is 0. The number of carbonyl (C=O) groups is 1. The van der Waals surface area contributed by atoms with Crippen LogP contribution in [0, 0.1) is 10.1 Å². The van der Waals surface area contributed by atoms with E-state index in [1.54, 1.807) is 4.90 Å². The van der Waals surface area contributed by atoms with Crippen LogP contribution in [0.5, 0.6) is 0 Å². The molecule has 0 saturated carbocycles. The van der Waals surface area contributed by atoms with Crippen LogP contribution in [-0.2, 0) is 6.42 Å². The number of anilines is 1. The van der Waals surface area contributed by atoms with Crippen molar-refractivity contribution in [2.24, 2.45) is 0 Å². The van der Waals surface area contributed by atoms with Crippen molar-refractivity contribution >= 4 is 28.9 Å². The van der Waals surface area contributed by atoms with E-state index in [1.807, 2.05) is 12.1 Å². The summed E-state index contributed by atoms with van der Waals surface area (Å²) in [4.78, 5) is 25.1. The first-order valence-corrected chi connectivity index (χ1v) is 8.65. The van der Waals surface area contributed by atoms with Gasteiger partial charge in [-0.3, -0.25) is 14.9 Å². The number of hydrogen-bond donors (Lipinski definition) is 0. The van der Waals surface area contributed by atoms with Crippen LogP contribution in [-0.4, -0.2) is 17.4 Å². The molecule has 2 aromatic rings. The number of benzene rings is 2. The van der Waals surface area contributed by atoms with E-state index >= 15 is 0 Å². The minimum absolute atomic E-state index is 0.0298. The Labute approximate surface area is 151 Å². The third-order valence-corrected chi connectivity index (χ3v) is 4.84. The quantitative estimate of drug-likeness (QED) is 0.575. The molecular weight excluding hydrogens is 340 g/mol. The van der Waals surface area contributed by atoms with Gasteiger partial charge in [0, 0.05) is 23.9 Å². The standard InChI is InChI=1S/C19H19ClN2O3/c1-12(2)13-6-8-17-14(10-13)4-3-9-21(17)19(23)15-5-7-16(20)18(11-15)22(24)25/h5-8,10-12H,3-4,9H2,1-2H3. The molecule has 0 aromatic heterocycles. The van der Waals surface area contributed by atoms with E-state index in [1.165, 1.54) is 23.8 Å². The summed E-state index contributed by atoms with van der Waals surface area (Å²) in [6.45, 7) is 4.88. The summed E-state index contributed by atoms with van der Waals surface area (Å²) in [6.07, 6.45) is 1.80. The van der Waals surface area contributed by atoms with Gasteiger partial charge in [0.2, 0.25) is 0 Å². The predicted molar refractivity (Wildman–Crippen MR) is 98.6 cm³/mol. The van der Waals surface area contributed by atoms with Gasteiger partial charge < -0.3 is 4.90 Å². The van der Waals surface area contributed by atoms with Gasteiger partial charge in [0.25, 0.3) is 11.6 Å². The van der Waals surface area contributed by atoms with E-state index in [9.17, 15) is 14.9 Å². The fraction of sp³-hybridized carbons (Fsp3) is 0.316. The molecule has 1 aliphatic heterocycles. The molecule has 6 heteroatoms. The number of hydrogen-bond acceptors (Lipinski definition) is 3. The molecule has 0 fully saturated rings. The number of nitrogens with zero attached hydrogens (tertiary/aromatic N) is 2. The van der Waals surface area contributed by atoms with Crippen molar-refractivity contribution in [1.82, 2.24) is 0 Å². The largest absolute Gasteiger partial charge is 0.308 e. The lowest BCUT2D eigenvalue weighted by atomic mass is 9.94. The van der Waals surface area contributed by atoms with Gasteiger partial charge in [0.05, 0.1) is 4.92 Å². The van der Waals surface area contributed by atoms with Crippen molar-refractivity contribution in [1.29, 1.82) is 0 Å². The zero-order valence-electron chi connectivity index (χ0n) is 14.2. The molecule has 1 amide bonds. The first kappa shape index (κ1) is 17.4. The van der Waals surface area contributed by atoms with Crippen LogP contribution < -0.4 is 4.90 Å². The van der Waals surface area contributed by atoms with Crippen molar-refractivity contribution in [3.05, 3.63) is 68.2 Å². The molecule has 1 heterocycles. The normalized spacial score (nSPS) is 13.7. The number of nitro groups is 1. The Morgan fingerprint density at radius 2 is 2.00 bits per heavy atom. The molecule has 5 nitrogen and oxygen atoms in total. The maximum atomic E-state index is 12.9. The van der Waals surface area contributed by atoms with Crippen LogP contribution in [0.1, 0.15) is 47.7 Å². The average Bonchev–Trinajstić information content (AvgIpc) is 2.60.